The van der Waals surface area contributed by atoms with Crippen molar-refractivity contribution in [2.75, 3.05) is 0 Å². The van der Waals surface area contributed by atoms with Crippen LogP contribution in [0.25, 0.3) is 21.5 Å². The van der Waals surface area contributed by atoms with E-state index in [4.69, 9.17) is 17.3 Å². The highest BCUT2D eigenvalue weighted by molar-refractivity contribution is 9.10. The Bertz CT molecular complexity index is 1230. The number of amides is 2. The number of nitrogens with two attached hydrogens (primary N) is 1. The number of hydrogen-bond acceptors (Lipinski definition) is 2. The van der Waals surface area contributed by atoms with E-state index in [1.807, 2.05) is 48.5 Å². The molecule has 3 N–H and O–H groups in total. The number of halogens is 2. The predicted octanol–water partition coefficient (Wildman–Crippen LogP) is 5.24. The van der Waals surface area contributed by atoms with E-state index in [1.54, 1.807) is 18.2 Å². The summed E-state index contributed by atoms with van der Waals surface area (Å²) < 4.78 is 0.794. The van der Waals surface area contributed by atoms with Crippen molar-refractivity contribution < 1.29 is 9.59 Å². The molecule has 4 rings (SSSR count). The van der Waals surface area contributed by atoms with Gasteiger partial charge in [0.15, 0.2) is 0 Å². The molecule has 1 atom stereocenters. The lowest BCUT2D eigenvalue weighted by Crippen LogP contribution is -2.46. The van der Waals surface area contributed by atoms with Gasteiger partial charge in [-0.2, -0.15) is 0 Å². The summed E-state index contributed by atoms with van der Waals surface area (Å²) in [5.41, 5.74) is 6.94. The largest absolute Gasteiger partial charge is 0.368 e. The van der Waals surface area contributed by atoms with Crippen LogP contribution in [0, 0.1) is 0 Å². The zero-order chi connectivity index (χ0) is 21.3. The van der Waals surface area contributed by atoms with Crippen molar-refractivity contribution in [3.8, 4) is 0 Å². The first-order valence-electron chi connectivity index (χ1n) is 9.38. The number of carbonyl (C=O) groups is 2. The van der Waals surface area contributed by atoms with E-state index in [0.717, 1.165) is 31.6 Å². The van der Waals surface area contributed by atoms with Gasteiger partial charge in [-0.1, -0.05) is 76.1 Å². The maximum atomic E-state index is 13.4. The fourth-order valence-corrected chi connectivity index (χ4v) is 4.23. The summed E-state index contributed by atoms with van der Waals surface area (Å²) in [6.45, 7) is 0. The van der Waals surface area contributed by atoms with Gasteiger partial charge < -0.3 is 11.1 Å². The second-order valence-electron chi connectivity index (χ2n) is 7.06. The normalized spacial score (nSPS) is 12.1. The van der Waals surface area contributed by atoms with Crippen LogP contribution in [-0.4, -0.2) is 17.9 Å². The van der Waals surface area contributed by atoms with Gasteiger partial charge in [0.1, 0.15) is 6.04 Å². The minimum atomic E-state index is -0.884. The third-order valence-corrected chi connectivity index (χ3v) is 6.09. The Kier molecular flexibility index (Phi) is 5.75. The molecule has 0 aliphatic heterocycles. The second kappa shape index (κ2) is 8.46. The van der Waals surface area contributed by atoms with Gasteiger partial charge in [-0.25, -0.2) is 0 Å². The fourth-order valence-electron chi connectivity index (χ4n) is 3.63. The van der Waals surface area contributed by atoms with Crippen LogP contribution in [0.2, 0.25) is 5.02 Å². The summed E-state index contributed by atoms with van der Waals surface area (Å²) in [7, 11) is 0. The van der Waals surface area contributed by atoms with Crippen molar-refractivity contribution in [3.05, 3.63) is 93.4 Å². The molecule has 0 saturated carbocycles. The van der Waals surface area contributed by atoms with E-state index in [2.05, 4.69) is 27.3 Å². The second-order valence-corrected chi connectivity index (χ2v) is 8.35. The number of carbonyl (C=O) groups excluding carboxylic acids is 2. The van der Waals surface area contributed by atoms with E-state index in [0.29, 0.717) is 10.6 Å². The van der Waals surface area contributed by atoms with Crippen molar-refractivity contribution in [2.24, 2.45) is 5.73 Å². The Morgan fingerprint density at radius 1 is 0.933 bits per heavy atom. The average Bonchev–Trinajstić information content (AvgIpc) is 2.73. The van der Waals surface area contributed by atoms with Gasteiger partial charge in [0, 0.05) is 15.9 Å². The average molecular weight is 482 g/mol. The van der Waals surface area contributed by atoms with E-state index < -0.39 is 11.9 Å². The van der Waals surface area contributed by atoms with Crippen LogP contribution in [0.1, 0.15) is 15.9 Å². The molecule has 0 spiro atoms. The van der Waals surface area contributed by atoms with Crippen molar-refractivity contribution in [1.82, 2.24) is 5.32 Å². The maximum absolute atomic E-state index is 13.4. The van der Waals surface area contributed by atoms with E-state index in [1.165, 1.54) is 0 Å². The van der Waals surface area contributed by atoms with Gasteiger partial charge >= 0.3 is 0 Å². The zero-order valence-corrected chi connectivity index (χ0v) is 18.2. The summed E-state index contributed by atoms with van der Waals surface area (Å²) in [5.74, 6) is -0.954. The van der Waals surface area contributed by atoms with Crippen molar-refractivity contribution in [1.29, 1.82) is 0 Å². The SMILES string of the molecule is NC(=O)[C@@H](Cc1cc(Cl)ccc1Br)NC(=O)c1c2ccccc2cc2ccccc12. The Hall–Kier alpha value is -2.89. The molecule has 0 aromatic heterocycles. The summed E-state index contributed by atoms with van der Waals surface area (Å²) >= 11 is 9.55. The lowest BCUT2D eigenvalue weighted by atomic mass is 9.95. The quantitative estimate of drug-likeness (QED) is 0.383. The summed E-state index contributed by atoms with van der Waals surface area (Å²) in [6, 6.07) is 21.9. The van der Waals surface area contributed by atoms with E-state index >= 15 is 0 Å². The molecular formula is C24H18BrClN2O2. The Morgan fingerprint density at radius 2 is 1.53 bits per heavy atom. The standard InChI is InChI=1S/C24H18BrClN2O2/c25-20-10-9-17(26)12-16(20)13-21(23(27)29)28-24(30)22-18-7-3-1-5-14(18)11-15-6-2-4-8-19(15)22/h1-12,21H,13H2,(H2,27,29)(H,28,30)/t21-/m1/s1. The van der Waals surface area contributed by atoms with Gasteiger partial charge in [0.05, 0.1) is 5.56 Å². The Labute approximate surface area is 187 Å². The topological polar surface area (TPSA) is 72.2 Å². The third-order valence-electron chi connectivity index (χ3n) is 5.08. The summed E-state index contributed by atoms with van der Waals surface area (Å²) in [6.07, 6.45) is 0.227. The van der Waals surface area contributed by atoms with Crippen LogP contribution in [0.4, 0.5) is 0 Å². The first-order valence-corrected chi connectivity index (χ1v) is 10.6. The molecule has 0 bridgehead atoms. The van der Waals surface area contributed by atoms with Crippen molar-refractivity contribution in [2.45, 2.75) is 12.5 Å². The molecular weight excluding hydrogens is 464 g/mol. The minimum Gasteiger partial charge on any atom is -0.368 e. The number of hydrogen-bond donors (Lipinski definition) is 2. The highest BCUT2D eigenvalue weighted by Crippen LogP contribution is 2.29. The van der Waals surface area contributed by atoms with E-state index in [9.17, 15) is 9.59 Å². The zero-order valence-electron chi connectivity index (χ0n) is 15.9. The van der Waals surface area contributed by atoms with Gasteiger partial charge in [0.25, 0.3) is 5.91 Å². The molecule has 2 amide bonds. The lowest BCUT2D eigenvalue weighted by Gasteiger charge is -2.18. The van der Waals surface area contributed by atoms with Crippen LogP contribution >= 0.6 is 27.5 Å². The molecule has 0 aliphatic carbocycles. The van der Waals surface area contributed by atoms with Crippen LogP contribution in [0.5, 0.6) is 0 Å². The number of benzene rings is 4. The summed E-state index contributed by atoms with van der Waals surface area (Å²) in [5, 5.41) is 6.93. The molecule has 0 unspecified atom stereocenters. The summed E-state index contributed by atoms with van der Waals surface area (Å²) in [4.78, 5) is 25.5. The molecule has 30 heavy (non-hydrogen) atoms. The van der Waals surface area contributed by atoms with Crippen molar-refractivity contribution in [3.63, 3.8) is 0 Å². The molecule has 0 aliphatic rings. The number of fused-ring (bicyclic) bond motifs is 2. The molecule has 0 saturated heterocycles. The van der Waals surface area contributed by atoms with Gasteiger partial charge in [-0.3, -0.25) is 9.59 Å². The molecule has 6 heteroatoms. The van der Waals surface area contributed by atoms with Crippen molar-refractivity contribution >= 4 is 60.9 Å². The molecule has 150 valence electrons. The lowest BCUT2D eigenvalue weighted by molar-refractivity contribution is -0.119. The molecule has 4 nitrogen and oxygen atoms in total. The molecule has 4 aromatic carbocycles. The van der Waals surface area contributed by atoms with E-state index in [-0.39, 0.29) is 12.3 Å². The van der Waals surface area contributed by atoms with Gasteiger partial charge in [-0.05, 0) is 51.4 Å². The monoisotopic (exact) mass is 480 g/mol. The highest BCUT2D eigenvalue weighted by atomic mass is 79.9. The smallest absolute Gasteiger partial charge is 0.253 e. The fraction of sp³-hybridized carbons (Fsp3) is 0.0833. The first kappa shape index (κ1) is 20.4. The third kappa shape index (κ3) is 4.04. The molecule has 0 fully saturated rings. The molecule has 4 aromatic rings. The number of primary amides is 1. The van der Waals surface area contributed by atoms with Crippen LogP contribution in [0.15, 0.2) is 77.3 Å². The predicted molar refractivity (Wildman–Crippen MR) is 125 cm³/mol. The molecule has 0 heterocycles. The van der Waals surface area contributed by atoms with Gasteiger partial charge in [-0.15, -0.1) is 0 Å². The molecule has 0 radical (unpaired) electrons. The Balaban J connectivity index is 1.75. The maximum Gasteiger partial charge on any atom is 0.253 e. The highest BCUT2D eigenvalue weighted by Gasteiger charge is 2.23. The number of nitrogens with one attached hydrogen (secondary N) is 1. The Morgan fingerprint density at radius 3 is 2.13 bits per heavy atom. The van der Waals surface area contributed by atoms with Crippen LogP contribution in [-0.2, 0) is 11.2 Å². The van der Waals surface area contributed by atoms with Gasteiger partial charge in [0.2, 0.25) is 5.91 Å². The first-order chi connectivity index (χ1) is 14.4. The van der Waals surface area contributed by atoms with Crippen LogP contribution < -0.4 is 11.1 Å². The van der Waals surface area contributed by atoms with Crippen LogP contribution in [0.3, 0.4) is 0 Å². The minimum absolute atomic E-state index is 0.227. The number of rotatable bonds is 5.